The topological polar surface area (TPSA) is 192 Å². The second-order valence-electron chi connectivity index (χ2n) is 13.8. The fourth-order valence-corrected chi connectivity index (χ4v) is 6.66. The third-order valence-electron chi connectivity index (χ3n) is 8.90. The lowest BCUT2D eigenvalue weighted by atomic mass is 9.85. The van der Waals surface area contributed by atoms with Crippen molar-refractivity contribution in [2.24, 2.45) is 0 Å². The zero-order valence-electron chi connectivity index (χ0n) is 32.7. The third-order valence-corrected chi connectivity index (χ3v) is 9.89. The summed E-state index contributed by atoms with van der Waals surface area (Å²) in [6.07, 6.45) is 26.0. The van der Waals surface area contributed by atoms with Crippen LogP contribution in [0, 0.1) is 0 Å². The smallest absolute Gasteiger partial charge is 0.457 e. The molecule has 1 aliphatic carbocycles. The summed E-state index contributed by atoms with van der Waals surface area (Å²) in [6, 6.07) is 0. The molecule has 312 valence electrons. The van der Waals surface area contributed by atoms with Crippen molar-refractivity contribution in [1.29, 1.82) is 0 Å². The van der Waals surface area contributed by atoms with E-state index in [1.165, 1.54) is 44.9 Å². The molecule has 0 radical (unpaired) electrons. The zero-order valence-corrected chi connectivity index (χ0v) is 33.6. The molecule has 0 aromatic rings. The largest absolute Gasteiger partial charge is 0.472 e. The predicted molar refractivity (Wildman–Crippen MR) is 212 cm³/mol. The molecule has 0 amide bonds. The van der Waals surface area contributed by atoms with E-state index in [4.69, 9.17) is 18.5 Å². The maximum atomic E-state index is 12.7. The number of carbonyl (C=O) groups is 1. The molecule has 1 fully saturated rings. The highest BCUT2D eigenvalue weighted by Gasteiger charge is 2.51. The van der Waals surface area contributed by atoms with Gasteiger partial charge in [0.05, 0.1) is 13.2 Å². The van der Waals surface area contributed by atoms with Crippen molar-refractivity contribution in [1.82, 2.24) is 0 Å². The lowest BCUT2D eigenvalue weighted by molar-refractivity contribution is -0.220. The number of unbranched alkanes of at least 4 members (excludes halogenated alkanes) is 10. The number of aliphatic hydroxyl groups excluding tert-OH is 5. The maximum Gasteiger partial charge on any atom is 0.472 e. The first-order chi connectivity index (χ1) is 26.0. The van der Waals surface area contributed by atoms with Crippen LogP contribution in [0.2, 0.25) is 0 Å². The van der Waals surface area contributed by atoms with E-state index >= 15 is 0 Å². The van der Waals surface area contributed by atoms with Crippen LogP contribution in [0.4, 0.5) is 0 Å². The molecule has 0 heterocycles. The molecule has 1 saturated carbocycles. The van der Waals surface area contributed by atoms with E-state index in [0.29, 0.717) is 19.4 Å². The van der Waals surface area contributed by atoms with Crippen molar-refractivity contribution in [2.75, 3.05) is 19.8 Å². The number of allylic oxidation sites excluding steroid dienone is 10. The van der Waals surface area contributed by atoms with E-state index in [0.717, 1.165) is 51.4 Å². The van der Waals surface area contributed by atoms with E-state index in [-0.39, 0.29) is 13.0 Å². The normalized spacial score (nSPS) is 24.1. The molecule has 0 aromatic carbocycles. The first kappa shape index (κ1) is 50.1. The highest BCUT2D eigenvalue weighted by molar-refractivity contribution is 7.47. The standard InChI is InChI=1S/C41H71O12P/c1-3-5-7-9-11-13-15-16-17-18-19-20-21-22-24-26-28-30-35(42)52-34(32-50-31-29-27-25-23-14-12-10-8-6-4-2)33-51-54(48,49)53-41-39(46)37(44)36(43)38(45)40(41)47/h5,7,11,13,16-17,19-20,22,24,34,36-41,43-47H,3-4,6,8-10,12,14-15,18,21,23,25-33H2,1-2H3,(H,48,49)/b7-5-,13-11-,17-16-,20-19-,24-22-. The second-order valence-corrected chi connectivity index (χ2v) is 15.2. The lowest BCUT2D eigenvalue weighted by Crippen LogP contribution is -2.64. The molecular formula is C41H71O12P. The highest BCUT2D eigenvalue weighted by Crippen LogP contribution is 2.47. The van der Waals surface area contributed by atoms with Crippen molar-refractivity contribution in [3.63, 3.8) is 0 Å². The van der Waals surface area contributed by atoms with Crippen LogP contribution in [-0.2, 0) is 27.9 Å². The summed E-state index contributed by atoms with van der Waals surface area (Å²) in [7, 11) is -5.03. The molecule has 0 spiro atoms. The average Bonchev–Trinajstić information content (AvgIpc) is 3.15. The van der Waals surface area contributed by atoms with E-state index in [2.05, 4.69) is 62.5 Å². The van der Waals surface area contributed by atoms with Gasteiger partial charge in [0, 0.05) is 13.0 Å². The minimum Gasteiger partial charge on any atom is -0.457 e. The number of esters is 1. The maximum absolute atomic E-state index is 12.7. The number of ether oxygens (including phenoxy) is 2. The van der Waals surface area contributed by atoms with Crippen LogP contribution in [0.3, 0.4) is 0 Å². The fraction of sp³-hybridized carbons (Fsp3) is 0.732. The first-order valence-electron chi connectivity index (χ1n) is 20.1. The Morgan fingerprint density at radius 1 is 0.611 bits per heavy atom. The van der Waals surface area contributed by atoms with E-state index < -0.39 is 63.1 Å². The number of rotatable bonds is 32. The van der Waals surface area contributed by atoms with Crippen LogP contribution < -0.4 is 0 Å². The Balaban J connectivity index is 2.50. The van der Waals surface area contributed by atoms with Crippen LogP contribution in [-0.4, -0.2) is 98.9 Å². The quantitative estimate of drug-likeness (QED) is 0.0176. The molecule has 0 aromatic heterocycles. The third kappa shape index (κ3) is 24.5. The zero-order chi connectivity index (χ0) is 39.9. The molecule has 6 atom stereocenters. The number of phosphoric acid groups is 1. The number of aliphatic hydroxyl groups is 5. The molecular weight excluding hydrogens is 715 g/mol. The SMILES string of the molecule is CC/C=C\C/C=C\C/C=C\C/C=C\C/C=C\CCCC(=O)OC(COCCCCCCCCCCCC)COP(=O)(O)OC1C(O)C(O)C(O)C(O)C1O. The summed E-state index contributed by atoms with van der Waals surface area (Å²) in [5.41, 5.74) is 0. The van der Waals surface area contributed by atoms with Crippen LogP contribution in [0.15, 0.2) is 60.8 Å². The number of hydrogen-bond donors (Lipinski definition) is 6. The molecule has 1 rings (SSSR count). The molecule has 13 heteroatoms. The number of carbonyl (C=O) groups excluding carboxylic acids is 1. The van der Waals surface area contributed by atoms with E-state index in [1.54, 1.807) is 0 Å². The molecule has 0 aliphatic heterocycles. The van der Waals surface area contributed by atoms with Crippen LogP contribution in [0.25, 0.3) is 0 Å². The number of hydrogen-bond acceptors (Lipinski definition) is 11. The van der Waals surface area contributed by atoms with Crippen LogP contribution in [0.5, 0.6) is 0 Å². The molecule has 0 saturated heterocycles. The van der Waals surface area contributed by atoms with Crippen molar-refractivity contribution in [3.05, 3.63) is 60.8 Å². The Labute approximate surface area is 324 Å². The first-order valence-corrected chi connectivity index (χ1v) is 21.6. The molecule has 6 N–H and O–H groups in total. The van der Waals surface area contributed by atoms with Gasteiger partial charge in [-0.1, -0.05) is 132 Å². The average molecular weight is 787 g/mol. The van der Waals surface area contributed by atoms with Crippen molar-refractivity contribution in [3.8, 4) is 0 Å². The van der Waals surface area contributed by atoms with Gasteiger partial charge in [-0.3, -0.25) is 13.8 Å². The van der Waals surface area contributed by atoms with Gasteiger partial charge in [0.15, 0.2) is 0 Å². The monoisotopic (exact) mass is 786 g/mol. The van der Waals surface area contributed by atoms with Gasteiger partial charge in [-0.2, -0.15) is 0 Å². The van der Waals surface area contributed by atoms with Gasteiger partial charge in [0.2, 0.25) is 0 Å². The van der Waals surface area contributed by atoms with Crippen LogP contribution >= 0.6 is 7.82 Å². The van der Waals surface area contributed by atoms with Gasteiger partial charge >= 0.3 is 13.8 Å². The summed E-state index contributed by atoms with van der Waals surface area (Å²) in [5.74, 6) is -0.537. The highest BCUT2D eigenvalue weighted by atomic mass is 31.2. The van der Waals surface area contributed by atoms with Gasteiger partial charge in [-0.25, -0.2) is 4.57 Å². The Morgan fingerprint density at radius 2 is 1.07 bits per heavy atom. The van der Waals surface area contributed by atoms with Crippen molar-refractivity contribution in [2.45, 2.75) is 172 Å². The van der Waals surface area contributed by atoms with Gasteiger partial charge in [0.25, 0.3) is 0 Å². The summed E-state index contributed by atoms with van der Waals surface area (Å²) < 4.78 is 33.9. The second kappa shape index (κ2) is 32.2. The van der Waals surface area contributed by atoms with Gasteiger partial charge in [-0.15, -0.1) is 0 Å². The van der Waals surface area contributed by atoms with Gasteiger partial charge in [-0.05, 0) is 51.4 Å². The van der Waals surface area contributed by atoms with Crippen molar-refractivity contribution < 1.29 is 58.3 Å². The minimum absolute atomic E-state index is 0.101. The Hall–Kier alpha value is -1.96. The summed E-state index contributed by atoms with van der Waals surface area (Å²) >= 11 is 0. The Morgan fingerprint density at radius 3 is 1.59 bits per heavy atom. The molecule has 1 aliphatic rings. The molecule has 0 bridgehead atoms. The van der Waals surface area contributed by atoms with Gasteiger partial charge in [0.1, 0.15) is 42.7 Å². The molecule has 12 nitrogen and oxygen atoms in total. The van der Waals surface area contributed by atoms with E-state index in [1.807, 2.05) is 12.2 Å². The predicted octanol–water partition coefficient (Wildman–Crippen LogP) is 7.08. The minimum atomic E-state index is -5.03. The van der Waals surface area contributed by atoms with Crippen LogP contribution in [0.1, 0.15) is 129 Å². The molecule has 6 unspecified atom stereocenters. The summed E-state index contributed by atoms with van der Waals surface area (Å²) in [6.45, 7) is 4.04. The van der Waals surface area contributed by atoms with Gasteiger partial charge < -0.3 is 39.9 Å². The summed E-state index contributed by atoms with van der Waals surface area (Å²) in [4.78, 5) is 23.0. The van der Waals surface area contributed by atoms with E-state index in [9.17, 15) is 39.8 Å². The van der Waals surface area contributed by atoms with Crippen molar-refractivity contribution >= 4 is 13.8 Å². The lowest BCUT2D eigenvalue weighted by Gasteiger charge is -2.41. The fourth-order valence-electron chi connectivity index (χ4n) is 5.68. The summed E-state index contributed by atoms with van der Waals surface area (Å²) in [5, 5.41) is 50.0. The molecule has 54 heavy (non-hydrogen) atoms. The Bertz CT molecular complexity index is 1120. The number of phosphoric ester groups is 1. The Kier molecular flexibility index (Phi) is 29.8.